The van der Waals surface area contributed by atoms with Crippen LogP contribution in [0.25, 0.3) is 0 Å². The van der Waals surface area contributed by atoms with E-state index in [1.165, 1.54) is 0 Å². The average Bonchev–Trinajstić information content (AvgIpc) is 1.96. The molecule has 3 fully saturated rings. The standard InChI is InChI=1S/C10H17FO2/c1-9(2)6-4-7(11)10(3,13-9)8(12)5-6/h6-8,12H,4-5H2,1-3H3/t6-,7-,8+,10+/m0/s1. The van der Waals surface area contributed by atoms with Crippen molar-refractivity contribution in [3.05, 3.63) is 0 Å². The van der Waals surface area contributed by atoms with E-state index in [4.69, 9.17) is 4.74 Å². The van der Waals surface area contributed by atoms with Crippen molar-refractivity contribution in [1.29, 1.82) is 0 Å². The Balaban J connectivity index is 2.32. The monoisotopic (exact) mass is 188 g/mol. The van der Waals surface area contributed by atoms with Crippen LogP contribution >= 0.6 is 0 Å². The van der Waals surface area contributed by atoms with Gasteiger partial charge in [-0.15, -0.1) is 0 Å². The highest BCUT2D eigenvalue weighted by atomic mass is 19.1. The maximum Gasteiger partial charge on any atom is 0.132 e. The normalized spacial score (nSPS) is 53.8. The zero-order chi connectivity index (χ0) is 9.85. The van der Waals surface area contributed by atoms with Gasteiger partial charge in [0.05, 0.1) is 11.7 Å². The largest absolute Gasteiger partial charge is 0.390 e. The van der Waals surface area contributed by atoms with Crippen molar-refractivity contribution in [3.8, 4) is 0 Å². The number of aliphatic hydroxyl groups is 1. The van der Waals surface area contributed by atoms with Gasteiger partial charge in [0.15, 0.2) is 0 Å². The van der Waals surface area contributed by atoms with Crippen LogP contribution in [0.4, 0.5) is 4.39 Å². The molecule has 2 saturated heterocycles. The van der Waals surface area contributed by atoms with Crippen molar-refractivity contribution < 1.29 is 14.2 Å². The van der Waals surface area contributed by atoms with Crippen LogP contribution < -0.4 is 0 Å². The third-order valence-corrected chi connectivity index (χ3v) is 3.75. The molecule has 13 heavy (non-hydrogen) atoms. The molecule has 1 N–H and O–H groups in total. The van der Waals surface area contributed by atoms with E-state index in [0.717, 1.165) is 0 Å². The van der Waals surface area contributed by atoms with Crippen molar-refractivity contribution in [2.24, 2.45) is 5.92 Å². The van der Waals surface area contributed by atoms with E-state index >= 15 is 0 Å². The zero-order valence-corrected chi connectivity index (χ0v) is 8.38. The van der Waals surface area contributed by atoms with E-state index in [0.29, 0.717) is 12.8 Å². The number of ether oxygens (including phenoxy) is 1. The Morgan fingerprint density at radius 1 is 1.31 bits per heavy atom. The van der Waals surface area contributed by atoms with Crippen LogP contribution in [0.2, 0.25) is 0 Å². The van der Waals surface area contributed by atoms with Crippen LogP contribution in [-0.4, -0.2) is 28.6 Å². The lowest BCUT2D eigenvalue weighted by Gasteiger charge is -2.57. The topological polar surface area (TPSA) is 29.5 Å². The minimum Gasteiger partial charge on any atom is -0.390 e. The minimum atomic E-state index is -1.02. The molecule has 3 aliphatic rings. The number of aliphatic hydroxyl groups excluding tert-OH is 1. The lowest BCUT2D eigenvalue weighted by Crippen LogP contribution is -2.66. The van der Waals surface area contributed by atoms with Crippen molar-refractivity contribution in [2.45, 2.75) is 57.1 Å². The molecule has 3 rings (SSSR count). The molecule has 3 heteroatoms. The molecule has 2 bridgehead atoms. The van der Waals surface area contributed by atoms with Crippen LogP contribution in [-0.2, 0) is 4.74 Å². The minimum absolute atomic E-state index is 0.152. The van der Waals surface area contributed by atoms with Crippen LogP contribution in [0.3, 0.4) is 0 Å². The van der Waals surface area contributed by atoms with Crippen LogP contribution in [0.5, 0.6) is 0 Å². The molecule has 0 amide bonds. The van der Waals surface area contributed by atoms with E-state index in [9.17, 15) is 9.50 Å². The Kier molecular flexibility index (Phi) is 1.77. The van der Waals surface area contributed by atoms with Crippen molar-refractivity contribution in [1.82, 2.24) is 0 Å². The predicted molar refractivity (Wildman–Crippen MR) is 47.2 cm³/mol. The summed E-state index contributed by atoms with van der Waals surface area (Å²) in [7, 11) is 0. The highest BCUT2D eigenvalue weighted by Crippen LogP contribution is 2.50. The van der Waals surface area contributed by atoms with Gasteiger partial charge < -0.3 is 9.84 Å². The molecule has 2 nitrogen and oxygen atoms in total. The molecule has 0 unspecified atom stereocenters. The average molecular weight is 188 g/mol. The Labute approximate surface area is 78.1 Å². The van der Waals surface area contributed by atoms with Crippen molar-refractivity contribution in [2.75, 3.05) is 0 Å². The summed E-state index contributed by atoms with van der Waals surface area (Å²) in [5.41, 5.74) is -1.26. The Hall–Kier alpha value is -0.150. The number of alkyl halides is 1. The maximum atomic E-state index is 13.6. The first-order chi connectivity index (χ1) is 5.86. The summed E-state index contributed by atoms with van der Waals surface area (Å²) < 4.78 is 19.2. The molecule has 2 heterocycles. The first kappa shape index (κ1) is 9.41. The summed E-state index contributed by atoms with van der Waals surface area (Å²) in [6.07, 6.45) is -0.464. The van der Waals surface area contributed by atoms with E-state index in [2.05, 4.69) is 0 Å². The first-order valence-corrected chi connectivity index (χ1v) is 4.88. The molecular formula is C10H17FO2. The molecule has 2 aliphatic heterocycles. The Morgan fingerprint density at radius 3 is 2.38 bits per heavy atom. The lowest BCUT2D eigenvalue weighted by molar-refractivity contribution is -0.298. The van der Waals surface area contributed by atoms with Gasteiger partial charge in [0.1, 0.15) is 11.8 Å². The van der Waals surface area contributed by atoms with Crippen LogP contribution in [0, 0.1) is 5.92 Å². The number of hydrogen-bond donors (Lipinski definition) is 1. The van der Waals surface area contributed by atoms with Crippen LogP contribution in [0.1, 0.15) is 33.6 Å². The number of rotatable bonds is 0. The summed E-state index contributed by atoms with van der Waals surface area (Å²) in [6, 6.07) is 0. The Morgan fingerprint density at radius 2 is 1.92 bits per heavy atom. The zero-order valence-electron chi connectivity index (χ0n) is 8.38. The second-order valence-electron chi connectivity index (χ2n) is 5.04. The number of halogens is 1. The van der Waals surface area contributed by atoms with Gasteiger partial charge in [0.25, 0.3) is 0 Å². The van der Waals surface area contributed by atoms with Gasteiger partial charge in [-0.2, -0.15) is 0 Å². The molecule has 0 aromatic carbocycles. The fourth-order valence-electron chi connectivity index (χ4n) is 2.64. The smallest absolute Gasteiger partial charge is 0.132 e. The summed E-state index contributed by atoms with van der Waals surface area (Å²) in [5, 5.41) is 9.70. The van der Waals surface area contributed by atoms with Gasteiger partial charge in [-0.1, -0.05) is 0 Å². The van der Waals surface area contributed by atoms with Crippen LogP contribution in [0.15, 0.2) is 0 Å². The lowest BCUT2D eigenvalue weighted by atomic mass is 9.66. The van der Waals surface area contributed by atoms with E-state index < -0.39 is 17.9 Å². The molecular weight excluding hydrogens is 171 g/mol. The molecule has 0 radical (unpaired) electrons. The predicted octanol–water partition coefficient (Wildman–Crippen LogP) is 1.66. The third-order valence-electron chi connectivity index (χ3n) is 3.75. The second-order valence-corrected chi connectivity index (χ2v) is 5.04. The number of fused-ring (bicyclic) bond motifs is 3. The first-order valence-electron chi connectivity index (χ1n) is 4.88. The fourth-order valence-corrected chi connectivity index (χ4v) is 2.64. The fraction of sp³-hybridized carbons (Fsp3) is 1.00. The molecule has 0 aromatic rings. The highest BCUT2D eigenvalue weighted by Gasteiger charge is 2.59. The van der Waals surface area contributed by atoms with Crippen molar-refractivity contribution in [3.63, 3.8) is 0 Å². The molecule has 0 aromatic heterocycles. The summed E-state index contributed by atoms with van der Waals surface area (Å²) >= 11 is 0. The van der Waals surface area contributed by atoms with Gasteiger partial charge in [-0.3, -0.25) is 0 Å². The van der Waals surface area contributed by atoms with E-state index in [-0.39, 0.29) is 11.5 Å². The molecule has 0 spiro atoms. The SMILES string of the molecule is CC1(C)O[C@@]2(C)[C@H](O)C[C@@H]1C[C@@H]2F. The quantitative estimate of drug-likeness (QED) is 0.626. The highest BCUT2D eigenvalue weighted by molar-refractivity contribution is 5.07. The van der Waals surface area contributed by atoms with Gasteiger partial charge >= 0.3 is 0 Å². The van der Waals surface area contributed by atoms with Gasteiger partial charge in [-0.05, 0) is 39.5 Å². The van der Waals surface area contributed by atoms with Gasteiger partial charge in [-0.25, -0.2) is 4.39 Å². The molecule has 1 aliphatic carbocycles. The summed E-state index contributed by atoms with van der Waals surface area (Å²) in [4.78, 5) is 0. The molecule has 76 valence electrons. The molecule has 1 saturated carbocycles. The summed E-state index contributed by atoms with van der Waals surface area (Å²) in [5.74, 6) is 0.152. The van der Waals surface area contributed by atoms with E-state index in [1.54, 1.807) is 6.92 Å². The van der Waals surface area contributed by atoms with Gasteiger partial charge in [0.2, 0.25) is 0 Å². The van der Waals surface area contributed by atoms with Crippen molar-refractivity contribution >= 4 is 0 Å². The third kappa shape index (κ3) is 1.13. The maximum absolute atomic E-state index is 13.6. The second kappa shape index (κ2) is 2.45. The van der Waals surface area contributed by atoms with E-state index in [1.807, 2.05) is 13.8 Å². The molecule has 4 atom stereocenters. The number of hydrogen-bond acceptors (Lipinski definition) is 2. The Bertz CT molecular complexity index is 215. The summed E-state index contributed by atoms with van der Waals surface area (Å²) in [6.45, 7) is 5.64. The van der Waals surface area contributed by atoms with Gasteiger partial charge in [0, 0.05) is 0 Å².